The van der Waals surface area contributed by atoms with Crippen molar-refractivity contribution >= 4 is 19.8 Å². The second-order valence-corrected chi connectivity index (χ2v) is 8.96. The molecule has 0 spiro atoms. The topological polar surface area (TPSA) is 122 Å². The number of esters is 1. The lowest BCUT2D eigenvalue weighted by Gasteiger charge is -2.20. The highest BCUT2D eigenvalue weighted by molar-refractivity contribution is 7.46. The molecule has 0 aromatic rings. The number of unbranched alkanes of at least 4 members (excludes halogenated alkanes) is 12. The molecule has 8 nitrogen and oxygen atoms in total. The molecular formula is C22H40O8P-. The van der Waals surface area contributed by atoms with Gasteiger partial charge in [0.15, 0.2) is 0 Å². The second-order valence-electron chi connectivity index (χ2n) is 7.59. The Morgan fingerprint density at radius 2 is 1.35 bits per heavy atom. The molecule has 0 aliphatic carbocycles. The molecule has 0 rings (SSSR count). The molecule has 0 saturated heterocycles. The number of hydrogen-bond acceptors (Lipinski definition) is 7. The number of aliphatic carboxylic acids is 1. The van der Waals surface area contributed by atoms with Crippen molar-refractivity contribution in [2.24, 2.45) is 0 Å². The lowest BCUT2D eigenvalue weighted by Crippen LogP contribution is -2.10. The van der Waals surface area contributed by atoms with Crippen molar-refractivity contribution in [3.63, 3.8) is 0 Å². The molecule has 0 saturated carbocycles. The van der Waals surface area contributed by atoms with Crippen LogP contribution < -0.4 is 4.89 Å². The normalized spacial score (nSPS) is 13.2. The molecule has 1 N–H and O–H groups in total. The highest BCUT2D eigenvalue weighted by Crippen LogP contribution is 2.38. The average Bonchev–Trinajstić information content (AvgIpc) is 2.70. The van der Waals surface area contributed by atoms with Crippen LogP contribution in [0.2, 0.25) is 0 Å². The summed E-state index contributed by atoms with van der Waals surface area (Å²) in [6.45, 7) is 2.08. The van der Waals surface area contributed by atoms with E-state index in [0.717, 1.165) is 19.3 Å². The highest BCUT2D eigenvalue weighted by Gasteiger charge is 2.08. The quantitative estimate of drug-likeness (QED) is 0.0734. The molecule has 0 aromatic heterocycles. The third-order valence-corrected chi connectivity index (χ3v) is 5.56. The molecule has 0 aromatic carbocycles. The number of carbonyl (C=O) groups excluding carboxylic acids is 1. The Morgan fingerprint density at radius 1 is 0.839 bits per heavy atom. The second kappa shape index (κ2) is 20.5. The van der Waals surface area contributed by atoms with E-state index in [2.05, 4.69) is 16.0 Å². The zero-order valence-electron chi connectivity index (χ0n) is 18.9. The minimum atomic E-state index is -4.60. The molecule has 0 aliphatic rings. The molecule has 1 unspecified atom stereocenters. The van der Waals surface area contributed by atoms with Crippen LogP contribution in [-0.2, 0) is 27.9 Å². The van der Waals surface area contributed by atoms with E-state index in [0.29, 0.717) is 18.8 Å². The van der Waals surface area contributed by atoms with Crippen molar-refractivity contribution in [3.8, 4) is 0 Å². The zero-order chi connectivity index (χ0) is 23.2. The van der Waals surface area contributed by atoms with Gasteiger partial charge in [-0.2, -0.15) is 0 Å². The third-order valence-electron chi connectivity index (χ3n) is 4.69. The summed E-state index contributed by atoms with van der Waals surface area (Å²) >= 11 is 0. The molecule has 0 radical (unpaired) electrons. The summed E-state index contributed by atoms with van der Waals surface area (Å²) in [5, 5.41) is 8.33. The smallest absolute Gasteiger partial charge is 0.331 e. The van der Waals surface area contributed by atoms with E-state index in [1.807, 2.05) is 0 Å². The Morgan fingerprint density at radius 3 is 1.87 bits per heavy atom. The van der Waals surface area contributed by atoms with Crippen LogP contribution in [0, 0.1) is 0 Å². The van der Waals surface area contributed by atoms with Gasteiger partial charge in [0.25, 0.3) is 0 Å². The van der Waals surface area contributed by atoms with Gasteiger partial charge in [-0.3, -0.25) is 9.36 Å². The predicted molar refractivity (Wildman–Crippen MR) is 117 cm³/mol. The van der Waals surface area contributed by atoms with Gasteiger partial charge in [-0.25, -0.2) is 4.79 Å². The number of ether oxygens (including phenoxy) is 1. The largest absolute Gasteiger partial charge is 0.746 e. The van der Waals surface area contributed by atoms with E-state index in [4.69, 9.17) is 9.84 Å². The molecule has 0 bridgehead atoms. The first-order valence-electron chi connectivity index (χ1n) is 11.6. The molecule has 31 heavy (non-hydrogen) atoms. The molecule has 9 heteroatoms. The number of rotatable bonds is 22. The lowest BCUT2D eigenvalue weighted by atomic mass is 10.0. The molecular weight excluding hydrogens is 423 g/mol. The maximum atomic E-state index is 11.6. The summed E-state index contributed by atoms with van der Waals surface area (Å²) in [7, 11) is -4.60. The third kappa shape index (κ3) is 23.1. The SMILES string of the molecule is CCCCCCCCCCCCCCCC(=O)OCCCOP(=O)([O-])O/C=C\C(=O)O. The van der Waals surface area contributed by atoms with Gasteiger partial charge in [-0.15, -0.1) is 0 Å². The van der Waals surface area contributed by atoms with E-state index in [1.165, 1.54) is 64.2 Å². The van der Waals surface area contributed by atoms with Crippen molar-refractivity contribution in [3.05, 3.63) is 12.3 Å². The number of phosphoric ester groups is 1. The van der Waals surface area contributed by atoms with Gasteiger partial charge < -0.3 is 23.8 Å². The van der Waals surface area contributed by atoms with Crippen molar-refractivity contribution < 1.29 is 37.9 Å². The first-order valence-corrected chi connectivity index (χ1v) is 13.0. The van der Waals surface area contributed by atoms with E-state index in [1.54, 1.807) is 0 Å². The van der Waals surface area contributed by atoms with E-state index in [9.17, 15) is 19.0 Å². The van der Waals surface area contributed by atoms with Crippen molar-refractivity contribution in [1.29, 1.82) is 0 Å². The van der Waals surface area contributed by atoms with Gasteiger partial charge in [-0.05, 0) is 6.42 Å². The van der Waals surface area contributed by atoms with Crippen LogP contribution in [0.15, 0.2) is 12.3 Å². The van der Waals surface area contributed by atoms with Crippen LogP contribution in [-0.4, -0.2) is 30.3 Å². The van der Waals surface area contributed by atoms with Crippen LogP contribution >= 0.6 is 7.82 Å². The lowest BCUT2D eigenvalue weighted by molar-refractivity contribution is -0.220. The summed E-state index contributed by atoms with van der Waals surface area (Å²) < 4.78 is 25.0. The van der Waals surface area contributed by atoms with Crippen LogP contribution in [0.25, 0.3) is 0 Å². The van der Waals surface area contributed by atoms with Gasteiger partial charge in [0, 0.05) is 12.8 Å². The zero-order valence-corrected chi connectivity index (χ0v) is 19.8. The molecule has 182 valence electrons. The molecule has 1 atom stereocenters. The fourth-order valence-electron chi connectivity index (χ4n) is 2.97. The van der Waals surface area contributed by atoms with Crippen LogP contribution in [0.4, 0.5) is 0 Å². The summed E-state index contributed by atoms with van der Waals surface area (Å²) in [6.07, 6.45) is 17.8. The Kier molecular flexibility index (Phi) is 19.6. The van der Waals surface area contributed by atoms with E-state index in [-0.39, 0.29) is 25.6 Å². The Labute approximate surface area is 187 Å². The van der Waals surface area contributed by atoms with Gasteiger partial charge in [0.2, 0.25) is 0 Å². The van der Waals surface area contributed by atoms with E-state index < -0.39 is 13.8 Å². The Balaban J connectivity index is 3.42. The fourth-order valence-corrected chi connectivity index (χ4v) is 3.60. The molecule has 0 heterocycles. The predicted octanol–water partition coefficient (Wildman–Crippen LogP) is 5.50. The first-order chi connectivity index (χ1) is 14.9. The fraction of sp³-hybridized carbons (Fsp3) is 0.818. The number of carboxylic acid groups (broad SMARTS) is 1. The summed E-state index contributed by atoms with van der Waals surface area (Å²) in [5.41, 5.74) is 0. The summed E-state index contributed by atoms with van der Waals surface area (Å²) in [4.78, 5) is 33.1. The summed E-state index contributed by atoms with van der Waals surface area (Å²) in [5.74, 6) is -1.63. The van der Waals surface area contributed by atoms with Crippen molar-refractivity contribution in [2.45, 2.75) is 103 Å². The van der Waals surface area contributed by atoms with Gasteiger partial charge >= 0.3 is 19.8 Å². The monoisotopic (exact) mass is 463 g/mol. The molecule has 0 fully saturated rings. The number of carboxylic acids is 1. The maximum Gasteiger partial charge on any atom is 0.331 e. The Bertz CT molecular complexity index is 536. The number of hydrogen-bond donors (Lipinski definition) is 1. The number of carbonyl (C=O) groups is 2. The first kappa shape index (κ1) is 29.6. The Hall–Kier alpha value is -1.37. The maximum absolute atomic E-state index is 11.6. The van der Waals surface area contributed by atoms with Crippen LogP contribution in [0.3, 0.4) is 0 Å². The minimum absolute atomic E-state index is 0.0578. The standard InChI is InChI=1S/C22H41O8P/c1-2-3-4-5-6-7-8-9-10-11-12-13-14-16-22(25)28-18-15-19-29-31(26,27)30-20-17-21(23)24/h17,20H,2-16,18-19H2,1H3,(H,23,24)(H,26,27)/p-1/b20-17-. The summed E-state index contributed by atoms with van der Waals surface area (Å²) in [6, 6.07) is 0. The van der Waals surface area contributed by atoms with Crippen LogP contribution in [0.5, 0.6) is 0 Å². The number of phosphoric acid groups is 1. The van der Waals surface area contributed by atoms with Crippen molar-refractivity contribution in [1.82, 2.24) is 0 Å². The average molecular weight is 464 g/mol. The van der Waals surface area contributed by atoms with Crippen molar-refractivity contribution in [2.75, 3.05) is 13.2 Å². The van der Waals surface area contributed by atoms with Gasteiger partial charge in [0.05, 0.1) is 25.6 Å². The van der Waals surface area contributed by atoms with Gasteiger partial charge in [0.1, 0.15) is 0 Å². The highest BCUT2D eigenvalue weighted by atomic mass is 31.2. The minimum Gasteiger partial charge on any atom is -0.746 e. The molecule has 0 aliphatic heterocycles. The van der Waals surface area contributed by atoms with Crippen LogP contribution in [0.1, 0.15) is 103 Å². The van der Waals surface area contributed by atoms with E-state index >= 15 is 0 Å². The molecule has 0 amide bonds. The van der Waals surface area contributed by atoms with Gasteiger partial charge in [-0.1, -0.05) is 84.0 Å².